The Morgan fingerprint density at radius 1 is 1.36 bits per heavy atom. The van der Waals surface area contributed by atoms with Gasteiger partial charge >= 0.3 is 5.97 Å². The number of hydrogen-bond acceptors (Lipinski definition) is 4. The first-order valence-electron chi connectivity index (χ1n) is 7.12. The summed E-state index contributed by atoms with van der Waals surface area (Å²) in [4.78, 5) is 15.5. The van der Waals surface area contributed by atoms with E-state index in [0.717, 1.165) is 16.7 Å². The SMILES string of the molecule is COC(=O)/C(Cc1cc(C#CC(C)(C)C)ccc1C)=N/CO. The van der Waals surface area contributed by atoms with Gasteiger partial charge < -0.3 is 9.84 Å². The van der Waals surface area contributed by atoms with Gasteiger partial charge in [0.25, 0.3) is 0 Å². The highest BCUT2D eigenvalue weighted by atomic mass is 16.5. The van der Waals surface area contributed by atoms with Crippen LogP contribution in [0, 0.1) is 24.2 Å². The first-order chi connectivity index (χ1) is 10.3. The Bertz CT molecular complexity index is 628. The molecule has 118 valence electrons. The lowest BCUT2D eigenvalue weighted by atomic mass is 9.96. The van der Waals surface area contributed by atoms with E-state index in [2.05, 4.69) is 37.6 Å². The fourth-order valence-electron chi connectivity index (χ4n) is 1.78. The molecule has 0 unspecified atom stereocenters. The third-order valence-electron chi connectivity index (χ3n) is 2.97. The van der Waals surface area contributed by atoms with Crippen molar-refractivity contribution in [3.05, 3.63) is 34.9 Å². The van der Waals surface area contributed by atoms with Crippen LogP contribution in [0.3, 0.4) is 0 Å². The van der Waals surface area contributed by atoms with E-state index in [9.17, 15) is 4.79 Å². The molecule has 0 fully saturated rings. The standard InChI is InChI=1S/C18H23NO3/c1-13-6-7-14(8-9-18(2,3)4)10-15(13)11-16(19-12-20)17(21)22-5/h6-7,10,20H,11-12H2,1-5H3/b19-16+. The van der Waals surface area contributed by atoms with Crippen LogP contribution in [0.5, 0.6) is 0 Å². The molecule has 4 heteroatoms. The van der Waals surface area contributed by atoms with Crippen LogP contribution in [0.2, 0.25) is 0 Å². The van der Waals surface area contributed by atoms with Crippen molar-refractivity contribution in [3.63, 3.8) is 0 Å². The molecule has 0 saturated heterocycles. The highest BCUT2D eigenvalue weighted by Crippen LogP contribution is 2.15. The molecule has 1 N–H and O–H groups in total. The predicted octanol–water partition coefficient (Wildman–Crippen LogP) is 2.50. The number of methoxy groups -OCH3 is 1. The number of benzene rings is 1. The molecular formula is C18H23NO3. The highest BCUT2D eigenvalue weighted by molar-refractivity contribution is 6.36. The second-order valence-electron chi connectivity index (χ2n) is 6.06. The van der Waals surface area contributed by atoms with Gasteiger partial charge in [0.2, 0.25) is 0 Å². The van der Waals surface area contributed by atoms with E-state index in [0.29, 0.717) is 6.42 Å². The Morgan fingerprint density at radius 2 is 2.05 bits per heavy atom. The Hall–Kier alpha value is -2.12. The summed E-state index contributed by atoms with van der Waals surface area (Å²) in [5.41, 5.74) is 3.01. The fraction of sp³-hybridized carbons (Fsp3) is 0.444. The molecule has 1 rings (SSSR count). The molecule has 0 radical (unpaired) electrons. The summed E-state index contributed by atoms with van der Waals surface area (Å²) in [6, 6.07) is 5.87. The van der Waals surface area contributed by atoms with Crippen LogP contribution in [0.25, 0.3) is 0 Å². The van der Waals surface area contributed by atoms with Gasteiger partial charge in [-0.3, -0.25) is 4.99 Å². The molecule has 0 amide bonds. The molecule has 0 bridgehead atoms. The van der Waals surface area contributed by atoms with Crippen molar-refractivity contribution in [2.75, 3.05) is 13.8 Å². The summed E-state index contributed by atoms with van der Waals surface area (Å²) < 4.78 is 4.69. The Labute approximate surface area is 132 Å². The van der Waals surface area contributed by atoms with E-state index in [1.165, 1.54) is 7.11 Å². The number of ether oxygens (including phenoxy) is 1. The minimum Gasteiger partial charge on any atom is -0.465 e. The van der Waals surface area contributed by atoms with Crippen molar-refractivity contribution in [3.8, 4) is 11.8 Å². The predicted molar refractivity (Wildman–Crippen MR) is 87.8 cm³/mol. The quantitative estimate of drug-likeness (QED) is 0.528. The van der Waals surface area contributed by atoms with Crippen molar-refractivity contribution < 1.29 is 14.6 Å². The molecule has 1 aromatic carbocycles. The maximum absolute atomic E-state index is 11.7. The van der Waals surface area contributed by atoms with E-state index in [1.54, 1.807) is 0 Å². The molecule has 0 spiro atoms. The van der Waals surface area contributed by atoms with Gasteiger partial charge in [0.05, 0.1) is 7.11 Å². The molecule has 4 nitrogen and oxygen atoms in total. The third-order valence-corrected chi connectivity index (χ3v) is 2.97. The van der Waals surface area contributed by atoms with Gasteiger partial charge in [0, 0.05) is 17.4 Å². The Morgan fingerprint density at radius 3 is 2.59 bits per heavy atom. The number of carbonyl (C=O) groups excluding carboxylic acids is 1. The maximum Gasteiger partial charge on any atom is 0.352 e. The van der Waals surface area contributed by atoms with Gasteiger partial charge in [0.15, 0.2) is 0 Å². The third kappa shape index (κ3) is 5.71. The van der Waals surface area contributed by atoms with Gasteiger partial charge in [-0.25, -0.2) is 4.79 Å². The summed E-state index contributed by atoms with van der Waals surface area (Å²) in [5.74, 6) is 5.80. The zero-order valence-corrected chi connectivity index (χ0v) is 13.9. The molecule has 0 saturated carbocycles. The van der Waals surface area contributed by atoms with Crippen LogP contribution in [-0.4, -0.2) is 30.6 Å². The number of aliphatic hydroxyl groups excluding tert-OH is 1. The first kappa shape index (κ1) is 17.9. The number of aliphatic imine (C=N–C) groups is 1. The van der Waals surface area contributed by atoms with Crippen molar-refractivity contribution in [2.45, 2.75) is 34.1 Å². The van der Waals surface area contributed by atoms with Gasteiger partial charge in [-0.2, -0.15) is 0 Å². The minimum absolute atomic E-state index is 0.0689. The molecule has 0 aliphatic heterocycles. The zero-order chi connectivity index (χ0) is 16.8. The van der Waals surface area contributed by atoms with Crippen LogP contribution >= 0.6 is 0 Å². The lowest BCUT2D eigenvalue weighted by Crippen LogP contribution is -2.19. The van der Waals surface area contributed by atoms with E-state index in [1.807, 2.05) is 25.1 Å². The smallest absolute Gasteiger partial charge is 0.352 e. The molecule has 0 aliphatic rings. The Kier molecular flexibility index (Phi) is 6.33. The zero-order valence-electron chi connectivity index (χ0n) is 13.9. The minimum atomic E-state index is -0.528. The number of hydrogen-bond donors (Lipinski definition) is 1. The number of aliphatic hydroxyl groups is 1. The summed E-state index contributed by atoms with van der Waals surface area (Å²) >= 11 is 0. The first-order valence-corrected chi connectivity index (χ1v) is 7.12. The monoisotopic (exact) mass is 301 g/mol. The number of nitrogens with zero attached hydrogens (tertiary/aromatic N) is 1. The van der Waals surface area contributed by atoms with Crippen molar-refractivity contribution in [1.82, 2.24) is 0 Å². The number of aryl methyl sites for hydroxylation is 1. The summed E-state index contributed by atoms with van der Waals surface area (Å²) in [6.07, 6.45) is 0.310. The lowest BCUT2D eigenvalue weighted by Gasteiger charge is -2.09. The molecule has 0 aromatic heterocycles. The van der Waals surface area contributed by atoms with Crippen LogP contribution < -0.4 is 0 Å². The van der Waals surface area contributed by atoms with Crippen molar-refractivity contribution in [1.29, 1.82) is 0 Å². The number of esters is 1. The maximum atomic E-state index is 11.7. The van der Waals surface area contributed by atoms with Crippen LogP contribution in [0.15, 0.2) is 23.2 Å². The van der Waals surface area contributed by atoms with Gasteiger partial charge in [0.1, 0.15) is 12.4 Å². The van der Waals surface area contributed by atoms with Crippen molar-refractivity contribution >= 4 is 11.7 Å². The topological polar surface area (TPSA) is 58.9 Å². The normalized spacial score (nSPS) is 11.6. The van der Waals surface area contributed by atoms with Gasteiger partial charge in [-0.05, 0) is 51.0 Å². The van der Waals surface area contributed by atoms with Crippen LogP contribution in [0.4, 0.5) is 0 Å². The average Bonchev–Trinajstić information content (AvgIpc) is 2.45. The molecule has 0 atom stereocenters. The largest absolute Gasteiger partial charge is 0.465 e. The number of rotatable bonds is 4. The van der Waals surface area contributed by atoms with E-state index < -0.39 is 12.7 Å². The van der Waals surface area contributed by atoms with E-state index >= 15 is 0 Å². The molecule has 0 heterocycles. The van der Waals surface area contributed by atoms with E-state index in [-0.39, 0.29) is 11.1 Å². The summed E-state index contributed by atoms with van der Waals surface area (Å²) in [5, 5.41) is 8.94. The lowest BCUT2D eigenvalue weighted by molar-refractivity contribution is -0.132. The highest BCUT2D eigenvalue weighted by Gasteiger charge is 2.14. The van der Waals surface area contributed by atoms with E-state index in [4.69, 9.17) is 9.84 Å². The second kappa shape index (κ2) is 7.77. The molecule has 1 aromatic rings. The summed E-state index contributed by atoms with van der Waals surface area (Å²) in [7, 11) is 1.30. The molecule has 0 aliphatic carbocycles. The van der Waals surface area contributed by atoms with Gasteiger partial charge in [-0.1, -0.05) is 17.9 Å². The fourth-order valence-corrected chi connectivity index (χ4v) is 1.78. The van der Waals surface area contributed by atoms with Crippen LogP contribution in [0.1, 0.15) is 37.5 Å². The van der Waals surface area contributed by atoms with Gasteiger partial charge in [-0.15, -0.1) is 0 Å². The molecular weight excluding hydrogens is 278 g/mol. The summed E-state index contributed by atoms with van der Waals surface area (Å²) in [6.45, 7) is 7.69. The second-order valence-corrected chi connectivity index (χ2v) is 6.06. The Balaban J connectivity index is 3.11. The van der Waals surface area contributed by atoms with Crippen molar-refractivity contribution in [2.24, 2.45) is 10.4 Å². The molecule has 22 heavy (non-hydrogen) atoms. The van der Waals surface area contributed by atoms with Crippen LogP contribution in [-0.2, 0) is 16.0 Å². The number of carbonyl (C=O) groups is 1. The average molecular weight is 301 g/mol.